The lowest BCUT2D eigenvalue weighted by molar-refractivity contribution is 0.00578. The molecule has 0 amide bonds. The van der Waals surface area contributed by atoms with Crippen molar-refractivity contribution in [1.29, 1.82) is 0 Å². The molecule has 1 aromatic rings. The van der Waals surface area contributed by atoms with E-state index in [9.17, 15) is 0 Å². The minimum Gasteiger partial charge on any atom is -0.412 e. The molecule has 2 aliphatic rings. The Kier molecular flexibility index (Phi) is 4.35. The van der Waals surface area contributed by atoms with E-state index in [1.54, 1.807) is 0 Å². The van der Waals surface area contributed by atoms with Gasteiger partial charge in [-0.1, -0.05) is 20.8 Å². The monoisotopic (exact) mass is 364 g/mol. The highest BCUT2D eigenvalue weighted by Gasteiger charge is 2.53. The van der Waals surface area contributed by atoms with Crippen LogP contribution in [0.25, 0.3) is 0 Å². The molecule has 0 radical (unpaired) electrons. The highest BCUT2D eigenvalue weighted by Crippen LogP contribution is 2.39. The number of rotatable bonds is 3. The molecular weight excluding hydrogens is 331 g/mol. The van der Waals surface area contributed by atoms with Crippen molar-refractivity contribution in [2.24, 2.45) is 0 Å². The fraction of sp³-hybridized carbons (Fsp3) is 0.833. The van der Waals surface area contributed by atoms with Crippen molar-refractivity contribution in [3.63, 3.8) is 0 Å². The minimum absolute atomic E-state index is 0.228. The first-order valence-corrected chi connectivity index (χ1v) is 12.2. The second-order valence-corrected chi connectivity index (χ2v) is 14.8. The topological polar surface area (TPSA) is 45.5 Å². The molecule has 25 heavy (non-hydrogen) atoms. The Morgan fingerprint density at radius 3 is 2.24 bits per heavy atom. The number of nitrogens with zero attached hydrogens (tertiary/aromatic N) is 2. The summed E-state index contributed by atoms with van der Waals surface area (Å²) in [7, 11) is -2.14. The summed E-state index contributed by atoms with van der Waals surface area (Å²) in [6.07, 6.45) is 1.15. The van der Waals surface area contributed by atoms with Crippen LogP contribution >= 0.6 is 0 Å². The quantitative estimate of drug-likeness (QED) is 0.773. The zero-order valence-electron chi connectivity index (χ0n) is 17.3. The molecule has 0 N–H and O–H groups in total. The minimum atomic E-state index is -1.75. The van der Waals surface area contributed by atoms with Gasteiger partial charge < -0.3 is 13.7 Å². The first-order valence-electron chi connectivity index (χ1n) is 9.32. The largest absolute Gasteiger partial charge is 0.516 e. The summed E-state index contributed by atoms with van der Waals surface area (Å²) in [6.45, 7) is 20.6. The van der Waals surface area contributed by atoms with Crippen LogP contribution in [0.3, 0.4) is 0 Å². The van der Waals surface area contributed by atoms with Gasteiger partial charge in [0.2, 0.25) is 0 Å². The van der Waals surface area contributed by atoms with E-state index in [1.807, 2.05) is 0 Å². The highest BCUT2D eigenvalue weighted by molar-refractivity contribution is 6.74. The fourth-order valence-electron chi connectivity index (χ4n) is 3.04. The van der Waals surface area contributed by atoms with Crippen LogP contribution in [0.1, 0.15) is 54.2 Å². The standard InChI is InChI=1S/C18H33BN2O3Si/c1-16(2,3)25(8,9)22-14-10-13-11-15(20-21(13)12-14)19-23-17(4,5)18(6,7)24-19/h11,14H,10,12H2,1-9H3. The maximum atomic E-state index is 6.55. The van der Waals surface area contributed by atoms with E-state index >= 15 is 0 Å². The molecule has 0 aliphatic carbocycles. The molecule has 1 fully saturated rings. The van der Waals surface area contributed by atoms with Crippen LogP contribution in [0.5, 0.6) is 0 Å². The third-order valence-corrected chi connectivity index (χ3v) is 11.0. The predicted molar refractivity (Wildman–Crippen MR) is 104 cm³/mol. The smallest absolute Gasteiger partial charge is 0.412 e. The van der Waals surface area contributed by atoms with Crippen LogP contribution < -0.4 is 5.59 Å². The molecule has 0 bridgehead atoms. The second-order valence-electron chi connectivity index (χ2n) is 10.0. The Labute approximate surface area is 153 Å². The summed E-state index contributed by atoms with van der Waals surface area (Å²) in [5, 5.41) is 4.98. The van der Waals surface area contributed by atoms with Gasteiger partial charge in [0.15, 0.2) is 8.32 Å². The Morgan fingerprint density at radius 1 is 1.20 bits per heavy atom. The number of hydrogen-bond acceptors (Lipinski definition) is 4. The molecule has 3 heterocycles. The van der Waals surface area contributed by atoms with E-state index in [1.165, 1.54) is 5.69 Å². The lowest BCUT2D eigenvalue weighted by atomic mass is 9.85. The second kappa shape index (κ2) is 5.68. The molecule has 7 heteroatoms. The van der Waals surface area contributed by atoms with Crippen molar-refractivity contribution in [3.05, 3.63) is 11.8 Å². The molecule has 1 atom stereocenters. The van der Waals surface area contributed by atoms with Gasteiger partial charge in [0.1, 0.15) is 0 Å². The average molecular weight is 364 g/mol. The fourth-order valence-corrected chi connectivity index (χ4v) is 4.39. The normalized spacial score (nSPS) is 25.5. The lowest BCUT2D eigenvalue weighted by Gasteiger charge is -2.38. The molecule has 0 saturated carbocycles. The van der Waals surface area contributed by atoms with Crippen LogP contribution in [-0.2, 0) is 26.7 Å². The molecule has 1 saturated heterocycles. The molecule has 3 rings (SSSR count). The maximum Gasteiger partial charge on any atom is 0.516 e. The van der Waals surface area contributed by atoms with E-state index in [2.05, 4.69) is 72.3 Å². The van der Waals surface area contributed by atoms with Crippen molar-refractivity contribution < 1.29 is 13.7 Å². The summed E-state index contributed by atoms with van der Waals surface area (Å²) < 4.78 is 20.9. The third kappa shape index (κ3) is 3.36. The van der Waals surface area contributed by atoms with Crippen LogP contribution in [0.15, 0.2) is 6.07 Å². The summed E-state index contributed by atoms with van der Waals surface area (Å²) in [4.78, 5) is 0. The molecule has 0 spiro atoms. The molecule has 0 aromatic carbocycles. The predicted octanol–water partition coefficient (Wildman–Crippen LogP) is 3.13. The van der Waals surface area contributed by atoms with Gasteiger partial charge in [-0.05, 0) is 51.9 Å². The molecule has 2 aliphatic heterocycles. The number of hydrogen-bond donors (Lipinski definition) is 0. The van der Waals surface area contributed by atoms with Gasteiger partial charge in [0, 0.05) is 12.1 Å². The zero-order chi connectivity index (χ0) is 18.8. The molecule has 1 unspecified atom stereocenters. The van der Waals surface area contributed by atoms with Crippen molar-refractivity contribution in [2.75, 3.05) is 0 Å². The van der Waals surface area contributed by atoms with Crippen LogP contribution in [0.4, 0.5) is 0 Å². The average Bonchev–Trinajstić information content (AvgIpc) is 2.98. The van der Waals surface area contributed by atoms with Crippen molar-refractivity contribution in [3.8, 4) is 0 Å². The van der Waals surface area contributed by atoms with Gasteiger partial charge in [-0.15, -0.1) is 0 Å². The zero-order valence-corrected chi connectivity index (χ0v) is 18.3. The number of aromatic nitrogens is 2. The van der Waals surface area contributed by atoms with Gasteiger partial charge in [-0.2, -0.15) is 5.10 Å². The Hall–Kier alpha value is -0.628. The SMILES string of the molecule is CC1(C)OB(c2cc3n(n2)CC(O[Si](C)(C)C(C)(C)C)C3)OC1(C)C. The summed E-state index contributed by atoms with van der Waals surface area (Å²) in [5.74, 6) is 0. The van der Waals surface area contributed by atoms with Gasteiger partial charge in [-0.25, -0.2) is 0 Å². The van der Waals surface area contributed by atoms with Crippen LogP contribution in [0.2, 0.25) is 18.1 Å². The van der Waals surface area contributed by atoms with Crippen LogP contribution in [-0.4, -0.2) is 42.5 Å². The lowest BCUT2D eigenvalue weighted by Crippen LogP contribution is -2.44. The van der Waals surface area contributed by atoms with Gasteiger partial charge >= 0.3 is 7.12 Å². The Morgan fingerprint density at radius 2 is 1.76 bits per heavy atom. The molecule has 140 valence electrons. The first kappa shape index (κ1) is 19.1. The molecule has 5 nitrogen and oxygen atoms in total. The van der Waals surface area contributed by atoms with Crippen molar-refractivity contribution >= 4 is 21.0 Å². The first-order chi connectivity index (χ1) is 11.2. The van der Waals surface area contributed by atoms with Gasteiger partial charge in [-0.3, -0.25) is 4.68 Å². The van der Waals surface area contributed by atoms with Gasteiger partial charge in [0.25, 0.3) is 0 Å². The number of fused-ring (bicyclic) bond motifs is 1. The maximum absolute atomic E-state index is 6.55. The Balaban J connectivity index is 1.68. The highest BCUT2D eigenvalue weighted by atomic mass is 28.4. The van der Waals surface area contributed by atoms with E-state index in [-0.39, 0.29) is 29.5 Å². The molecule has 1 aromatic heterocycles. The molecular formula is C18H33BN2O3Si. The Bertz CT molecular complexity index is 624. The summed E-state index contributed by atoms with van der Waals surface area (Å²) in [6, 6.07) is 2.12. The third-order valence-electron chi connectivity index (χ3n) is 6.46. The van der Waals surface area contributed by atoms with E-state index in [0.717, 1.165) is 18.6 Å². The van der Waals surface area contributed by atoms with Crippen LogP contribution in [0, 0.1) is 0 Å². The van der Waals surface area contributed by atoms with E-state index in [4.69, 9.17) is 18.8 Å². The van der Waals surface area contributed by atoms with Crippen molar-refractivity contribution in [2.45, 2.75) is 96.9 Å². The van der Waals surface area contributed by atoms with E-state index < -0.39 is 8.32 Å². The van der Waals surface area contributed by atoms with Gasteiger partial charge in [0.05, 0.1) is 29.4 Å². The summed E-state index contributed by atoms with van der Waals surface area (Å²) >= 11 is 0. The summed E-state index contributed by atoms with van der Waals surface area (Å²) in [5.41, 5.74) is 1.42. The van der Waals surface area contributed by atoms with E-state index in [0.29, 0.717) is 0 Å². The van der Waals surface area contributed by atoms with Crippen molar-refractivity contribution in [1.82, 2.24) is 9.78 Å².